The number of nitrogens with one attached hydrogen (secondary N) is 4. The second-order valence-electron chi connectivity index (χ2n) is 12.9. The molecule has 3 atom stereocenters. The summed E-state index contributed by atoms with van der Waals surface area (Å²) in [5, 5.41) is 17.4. The molecule has 0 bridgehead atoms. The Morgan fingerprint density at radius 1 is 1.00 bits per heavy atom. The predicted molar refractivity (Wildman–Crippen MR) is 174 cm³/mol. The number of amides is 3. The fraction of sp³-hybridized carbons (Fsp3) is 0.485. The third-order valence-electron chi connectivity index (χ3n) is 9.11. The van der Waals surface area contributed by atoms with Gasteiger partial charge in [0.25, 0.3) is 0 Å². The number of halogens is 3. The van der Waals surface area contributed by atoms with Gasteiger partial charge in [-0.15, -0.1) is 0 Å². The van der Waals surface area contributed by atoms with Crippen LogP contribution in [0.4, 0.5) is 18.0 Å². The minimum Gasteiger partial charge on any atom is -0.378 e. The monoisotopic (exact) mass is 703 g/mol. The van der Waals surface area contributed by atoms with Gasteiger partial charge in [-0.2, -0.15) is 26.7 Å². The van der Waals surface area contributed by atoms with E-state index in [1.54, 1.807) is 34.7 Å². The molecule has 2 aromatic carbocycles. The summed E-state index contributed by atoms with van der Waals surface area (Å²) in [4.78, 5) is 27.5. The number of carbonyl (C=O) groups excluding carboxylic acids is 2. The quantitative estimate of drug-likeness (QED) is 0.248. The molecule has 3 amide bonds. The third-order valence-corrected chi connectivity index (χ3v) is 10.3. The molecule has 4 heterocycles. The summed E-state index contributed by atoms with van der Waals surface area (Å²) in [7, 11) is -4.68. The van der Waals surface area contributed by atoms with Crippen LogP contribution in [0, 0.1) is 6.92 Å². The van der Waals surface area contributed by atoms with Crippen molar-refractivity contribution in [2.45, 2.75) is 68.2 Å². The van der Waals surface area contributed by atoms with E-state index in [-0.39, 0.29) is 47.8 Å². The molecule has 3 fully saturated rings. The highest BCUT2D eigenvalue weighted by Crippen LogP contribution is 2.37. The van der Waals surface area contributed by atoms with Gasteiger partial charge in [0.1, 0.15) is 11.4 Å². The Morgan fingerprint density at radius 3 is 2.43 bits per heavy atom. The molecule has 12 nitrogen and oxygen atoms in total. The van der Waals surface area contributed by atoms with E-state index in [0.29, 0.717) is 37.1 Å². The van der Waals surface area contributed by atoms with Crippen LogP contribution in [0.25, 0.3) is 11.3 Å². The second-order valence-corrected chi connectivity index (χ2v) is 14.4. The molecule has 3 saturated heterocycles. The standard InChI is InChI=1S/C33H40F3N7O5S/c1-21-7-8-30(48-49(46,47)26-6-2-5-23(15-26)33(34,35)36)27(14-21)28-16-29(43(41-28)20-31(44)39-24-9-11-37-17-24)22-4-3-13-42(19-22)32(45)40-25-10-12-38-18-25/h2,5-8,14-16,22,24-25,37-38H,3-4,9-13,17-20H2,1H3,(H,39,44)(H,40,45)/t22?,24-,25-/m1/s1. The van der Waals surface area contributed by atoms with Gasteiger partial charge in [0.2, 0.25) is 5.91 Å². The van der Waals surface area contributed by atoms with Gasteiger partial charge in [-0.3, -0.25) is 9.48 Å². The van der Waals surface area contributed by atoms with E-state index in [0.717, 1.165) is 69.1 Å². The van der Waals surface area contributed by atoms with Crippen molar-refractivity contribution in [3.8, 4) is 17.0 Å². The van der Waals surface area contributed by atoms with Crippen LogP contribution in [0.15, 0.2) is 53.4 Å². The van der Waals surface area contributed by atoms with Gasteiger partial charge in [0, 0.05) is 55.4 Å². The molecule has 1 unspecified atom stereocenters. The molecular weight excluding hydrogens is 663 g/mol. The van der Waals surface area contributed by atoms with E-state index in [1.807, 2.05) is 0 Å². The Bertz CT molecular complexity index is 1790. The molecule has 0 spiro atoms. The number of piperidine rings is 1. The molecule has 4 N–H and O–H groups in total. The first-order valence-corrected chi connectivity index (χ1v) is 17.8. The predicted octanol–water partition coefficient (Wildman–Crippen LogP) is 3.37. The van der Waals surface area contributed by atoms with Crippen molar-refractivity contribution in [2.24, 2.45) is 0 Å². The highest BCUT2D eigenvalue weighted by molar-refractivity contribution is 7.87. The van der Waals surface area contributed by atoms with Crippen LogP contribution in [0.3, 0.4) is 0 Å². The minimum atomic E-state index is -4.74. The molecule has 6 rings (SSSR count). The van der Waals surface area contributed by atoms with Crippen LogP contribution in [0.2, 0.25) is 0 Å². The first kappa shape index (κ1) is 34.7. The average Bonchev–Trinajstić information content (AvgIpc) is 3.85. The first-order chi connectivity index (χ1) is 23.4. The molecule has 3 aliphatic heterocycles. The molecule has 3 aromatic rings. The summed E-state index contributed by atoms with van der Waals surface area (Å²) in [6, 6.07) is 9.77. The van der Waals surface area contributed by atoms with Gasteiger partial charge in [0.15, 0.2) is 5.75 Å². The Hall–Kier alpha value is -4.15. The number of aryl methyl sites for hydroxylation is 1. The highest BCUT2D eigenvalue weighted by atomic mass is 32.2. The fourth-order valence-electron chi connectivity index (χ4n) is 6.56. The maximum absolute atomic E-state index is 13.4. The summed E-state index contributed by atoms with van der Waals surface area (Å²) >= 11 is 0. The van der Waals surface area contributed by atoms with E-state index in [2.05, 4.69) is 21.3 Å². The Labute approximate surface area is 282 Å². The number of benzene rings is 2. The number of carbonyl (C=O) groups is 2. The Balaban J connectivity index is 1.31. The van der Waals surface area contributed by atoms with Crippen molar-refractivity contribution in [3.05, 3.63) is 65.4 Å². The second kappa shape index (κ2) is 14.4. The number of hydrogen-bond donors (Lipinski definition) is 4. The van der Waals surface area contributed by atoms with Crippen molar-refractivity contribution in [2.75, 3.05) is 39.3 Å². The van der Waals surface area contributed by atoms with E-state index in [1.165, 1.54) is 6.07 Å². The van der Waals surface area contributed by atoms with Crippen LogP contribution in [0.1, 0.15) is 48.4 Å². The summed E-state index contributed by atoms with van der Waals surface area (Å²) in [6.45, 7) is 5.71. The largest absolute Gasteiger partial charge is 0.416 e. The molecule has 0 saturated carbocycles. The number of aromatic nitrogens is 2. The number of likely N-dealkylation sites (tertiary alicyclic amines) is 1. The van der Waals surface area contributed by atoms with Crippen LogP contribution in [-0.4, -0.2) is 86.4 Å². The molecule has 1 aromatic heterocycles. The molecule has 264 valence electrons. The lowest BCUT2D eigenvalue weighted by atomic mass is 9.94. The zero-order chi connectivity index (χ0) is 34.8. The number of urea groups is 1. The van der Waals surface area contributed by atoms with Crippen molar-refractivity contribution >= 4 is 22.1 Å². The smallest absolute Gasteiger partial charge is 0.378 e. The van der Waals surface area contributed by atoms with Gasteiger partial charge in [-0.05, 0) is 82.1 Å². The van der Waals surface area contributed by atoms with Gasteiger partial charge in [-0.1, -0.05) is 17.7 Å². The van der Waals surface area contributed by atoms with Crippen LogP contribution in [0.5, 0.6) is 5.75 Å². The molecule has 16 heteroatoms. The summed E-state index contributed by atoms with van der Waals surface area (Å²) < 4.78 is 73.7. The molecule has 0 radical (unpaired) electrons. The van der Waals surface area contributed by atoms with Gasteiger partial charge < -0.3 is 30.4 Å². The SMILES string of the molecule is Cc1ccc(OS(=O)(=O)c2cccc(C(F)(F)F)c2)c(-c2cc(C3CCCN(C(=O)N[C@@H]4CCNC4)C3)n(CC(=O)N[C@@H]3CCNC3)n2)c1. The van der Waals surface area contributed by atoms with Crippen molar-refractivity contribution in [1.82, 2.24) is 35.9 Å². The number of hydrogen-bond acceptors (Lipinski definition) is 8. The highest BCUT2D eigenvalue weighted by Gasteiger charge is 2.33. The maximum atomic E-state index is 13.4. The zero-order valence-electron chi connectivity index (χ0n) is 27.1. The first-order valence-electron chi connectivity index (χ1n) is 16.4. The lowest BCUT2D eigenvalue weighted by Gasteiger charge is -2.33. The molecular formula is C33H40F3N7O5S. The topological polar surface area (TPSA) is 147 Å². The normalized spacial score (nSPS) is 21.5. The summed E-state index contributed by atoms with van der Waals surface area (Å²) in [5.74, 6) is -0.543. The molecule has 49 heavy (non-hydrogen) atoms. The zero-order valence-corrected chi connectivity index (χ0v) is 27.9. The van der Waals surface area contributed by atoms with E-state index in [9.17, 15) is 31.2 Å². The van der Waals surface area contributed by atoms with Gasteiger partial charge in [-0.25, -0.2) is 4.79 Å². The van der Waals surface area contributed by atoms with Crippen LogP contribution >= 0.6 is 0 Å². The van der Waals surface area contributed by atoms with E-state index in [4.69, 9.17) is 9.28 Å². The van der Waals surface area contributed by atoms with Gasteiger partial charge >= 0.3 is 22.3 Å². The lowest BCUT2D eigenvalue weighted by Crippen LogP contribution is -2.49. The minimum absolute atomic E-state index is 0.0113. The van der Waals surface area contributed by atoms with Crippen molar-refractivity contribution in [1.29, 1.82) is 0 Å². The van der Waals surface area contributed by atoms with Crippen LogP contribution < -0.4 is 25.5 Å². The number of rotatable bonds is 9. The Kier molecular flexibility index (Phi) is 10.2. The van der Waals surface area contributed by atoms with Gasteiger partial charge in [0.05, 0.1) is 11.3 Å². The van der Waals surface area contributed by atoms with Crippen molar-refractivity contribution in [3.63, 3.8) is 0 Å². The summed E-state index contributed by atoms with van der Waals surface area (Å²) in [5.41, 5.74) is 0.940. The van der Waals surface area contributed by atoms with E-state index >= 15 is 0 Å². The Morgan fingerprint density at radius 2 is 1.73 bits per heavy atom. The number of alkyl halides is 3. The molecule has 0 aliphatic carbocycles. The fourth-order valence-corrected chi connectivity index (χ4v) is 7.56. The average molecular weight is 704 g/mol. The third kappa shape index (κ3) is 8.36. The summed E-state index contributed by atoms with van der Waals surface area (Å²) in [6.07, 6.45) is -1.62. The van der Waals surface area contributed by atoms with Crippen LogP contribution in [-0.2, 0) is 27.6 Å². The maximum Gasteiger partial charge on any atom is 0.416 e. The lowest BCUT2D eigenvalue weighted by molar-refractivity contribution is -0.137. The molecule has 3 aliphatic rings. The number of nitrogens with zero attached hydrogens (tertiary/aromatic N) is 3. The van der Waals surface area contributed by atoms with Crippen molar-refractivity contribution < 1.29 is 35.4 Å². The van der Waals surface area contributed by atoms with E-state index < -0.39 is 26.8 Å².